The Balaban J connectivity index is 2.21. The van der Waals surface area contributed by atoms with Crippen molar-refractivity contribution in [3.8, 4) is 0 Å². The van der Waals surface area contributed by atoms with Gasteiger partial charge in [0, 0.05) is 22.5 Å². The Morgan fingerprint density at radius 1 is 1.56 bits per heavy atom. The summed E-state index contributed by atoms with van der Waals surface area (Å²) in [5.41, 5.74) is 0.751. The van der Waals surface area contributed by atoms with Crippen LogP contribution in [0.25, 0.3) is 0 Å². The van der Waals surface area contributed by atoms with Gasteiger partial charge in [-0.2, -0.15) is 0 Å². The molecule has 6 heteroatoms. The Morgan fingerprint density at radius 3 is 2.89 bits per heavy atom. The number of halogens is 2. The fourth-order valence-electron chi connectivity index (χ4n) is 2.02. The monoisotopic (exact) mass is 331 g/mol. The van der Waals surface area contributed by atoms with Gasteiger partial charge in [-0.25, -0.2) is 4.79 Å². The molecule has 18 heavy (non-hydrogen) atoms. The SMILES string of the molecule is O=C(O)C1CCC(=O)N1Cc1ccc(Br)cc1Cl. The van der Waals surface area contributed by atoms with E-state index >= 15 is 0 Å². The molecule has 0 saturated carbocycles. The smallest absolute Gasteiger partial charge is 0.326 e. The molecule has 1 atom stereocenters. The molecule has 96 valence electrons. The summed E-state index contributed by atoms with van der Waals surface area (Å²) >= 11 is 9.36. The minimum absolute atomic E-state index is 0.138. The van der Waals surface area contributed by atoms with Crippen molar-refractivity contribution >= 4 is 39.4 Å². The minimum Gasteiger partial charge on any atom is -0.480 e. The Labute approximate surface area is 118 Å². The summed E-state index contributed by atoms with van der Waals surface area (Å²) in [5, 5.41) is 9.58. The molecule has 1 aromatic rings. The quantitative estimate of drug-likeness (QED) is 0.926. The lowest BCUT2D eigenvalue weighted by molar-refractivity contribution is -0.146. The highest BCUT2D eigenvalue weighted by atomic mass is 79.9. The number of carbonyl (C=O) groups is 2. The van der Waals surface area contributed by atoms with Gasteiger partial charge in [0.15, 0.2) is 0 Å². The maximum Gasteiger partial charge on any atom is 0.326 e. The van der Waals surface area contributed by atoms with Crippen LogP contribution in [-0.2, 0) is 16.1 Å². The van der Waals surface area contributed by atoms with Crippen molar-refractivity contribution in [3.63, 3.8) is 0 Å². The predicted octanol–water partition coefficient (Wildman–Crippen LogP) is 2.68. The molecule has 1 N–H and O–H groups in total. The standard InChI is InChI=1S/C12H11BrClNO3/c13-8-2-1-7(9(14)5-8)6-15-10(12(17)18)3-4-11(15)16/h1-2,5,10H,3-4,6H2,(H,17,18). The highest BCUT2D eigenvalue weighted by molar-refractivity contribution is 9.10. The van der Waals surface area contributed by atoms with Crippen LogP contribution in [0.1, 0.15) is 18.4 Å². The summed E-state index contributed by atoms with van der Waals surface area (Å²) in [6.45, 7) is 0.238. The van der Waals surface area contributed by atoms with Crippen LogP contribution in [-0.4, -0.2) is 27.9 Å². The van der Waals surface area contributed by atoms with Crippen molar-refractivity contribution in [3.05, 3.63) is 33.3 Å². The average Bonchev–Trinajstić information content (AvgIpc) is 2.64. The molecule has 1 heterocycles. The third-order valence-corrected chi connectivity index (χ3v) is 3.81. The van der Waals surface area contributed by atoms with Gasteiger partial charge in [0.1, 0.15) is 6.04 Å². The van der Waals surface area contributed by atoms with Crippen LogP contribution in [0.3, 0.4) is 0 Å². The van der Waals surface area contributed by atoms with E-state index in [0.29, 0.717) is 11.4 Å². The molecule has 0 aromatic heterocycles. The average molecular weight is 333 g/mol. The topological polar surface area (TPSA) is 57.6 Å². The van der Waals surface area contributed by atoms with Crippen LogP contribution in [0.15, 0.2) is 22.7 Å². The lowest BCUT2D eigenvalue weighted by Crippen LogP contribution is -2.37. The number of likely N-dealkylation sites (tertiary alicyclic amines) is 1. The number of nitrogens with zero attached hydrogens (tertiary/aromatic N) is 1. The van der Waals surface area contributed by atoms with Crippen LogP contribution in [0.5, 0.6) is 0 Å². The molecule has 0 spiro atoms. The van der Waals surface area contributed by atoms with E-state index in [1.54, 1.807) is 12.1 Å². The summed E-state index contributed by atoms with van der Waals surface area (Å²) in [6, 6.07) is 4.60. The summed E-state index contributed by atoms with van der Waals surface area (Å²) < 4.78 is 0.846. The van der Waals surface area contributed by atoms with Gasteiger partial charge in [-0.1, -0.05) is 33.6 Å². The third kappa shape index (κ3) is 2.67. The zero-order chi connectivity index (χ0) is 13.3. The molecule has 4 nitrogen and oxygen atoms in total. The Kier molecular flexibility index (Phi) is 3.92. The number of aliphatic carboxylic acids is 1. The fourth-order valence-corrected chi connectivity index (χ4v) is 2.76. The molecule has 1 unspecified atom stereocenters. The fraction of sp³-hybridized carbons (Fsp3) is 0.333. The normalized spacial score (nSPS) is 19.3. The first kappa shape index (κ1) is 13.4. The molecule has 1 saturated heterocycles. The lowest BCUT2D eigenvalue weighted by atomic mass is 10.2. The molecule has 1 amide bonds. The Morgan fingerprint density at radius 2 is 2.28 bits per heavy atom. The lowest BCUT2D eigenvalue weighted by Gasteiger charge is -2.22. The van der Waals surface area contributed by atoms with E-state index in [4.69, 9.17) is 16.7 Å². The van der Waals surface area contributed by atoms with Gasteiger partial charge in [-0.15, -0.1) is 0 Å². The van der Waals surface area contributed by atoms with Gasteiger partial charge in [-0.3, -0.25) is 4.79 Å². The van der Waals surface area contributed by atoms with Gasteiger partial charge in [0.2, 0.25) is 5.91 Å². The maximum atomic E-state index is 11.7. The summed E-state index contributed by atoms with van der Waals surface area (Å²) in [7, 11) is 0. The second-order valence-electron chi connectivity index (χ2n) is 4.15. The van der Waals surface area contributed by atoms with E-state index in [-0.39, 0.29) is 18.9 Å². The highest BCUT2D eigenvalue weighted by Gasteiger charge is 2.36. The number of carboxylic acids is 1. The molecule has 1 aliphatic heterocycles. The highest BCUT2D eigenvalue weighted by Crippen LogP contribution is 2.26. The van der Waals surface area contributed by atoms with Crippen LogP contribution in [0.2, 0.25) is 5.02 Å². The van der Waals surface area contributed by atoms with Crippen molar-refractivity contribution in [1.82, 2.24) is 4.90 Å². The second kappa shape index (κ2) is 5.28. The van der Waals surface area contributed by atoms with Gasteiger partial charge >= 0.3 is 5.97 Å². The van der Waals surface area contributed by atoms with E-state index in [1.807, 2.05) is 6.07 Å². The van der Waals surface area contributed by atoms with Crippen molar-refractivity contribution in [2.45, 2.75) is 25.4 Å². The number of rotatable bonds is 3. The first-order valence-corrected chi connectivity index (χ1v) is 6.62. The second-order valence-corrected chi connectivity index (χ2v) is 5.47. The Hall–Kier alpha value is -1.07. The number of amides is 1. The number of benzene rings is 1. The summed E-state index contributed by atoms with van der Waals surface area (Å²) in [4.78, 5) is 24.1. The Bertz CT molecular complexity index is 506. The van der Waals surface area contributed by atoms with Gasteiger partial charge in [0.05, 0.1) is 0 Å². The van der Waals surface area contributed by atoms with Gasteiger partial charge in [0.25, 0.3) is 0 Å². The van der Waals surface area contributed by atoms with E-state index in [9.17, 15) is 9.59 Å². The van der Waals surface area contributed by atoms with Crippen LogP contribution in [0, 0.1) is 0 Å². The van der Waals surface area contributed by atoms with E-state index in [0.717, 1.165) is 10.0 Å². The predicted molar refractivity (Wildman–Crippen MR) is 70.4 cm³/mol. The van der Waals surface area contributed by atoms with Crippen LogP contribution < -0.4 is 0 Å². The van der Waals surface area contributed by atoms with E-state index < -0.39 is 12.0 Å². The number of hydrogen-bond acceptors (Lipinski definition) is 2. The molecular formula is C12H11BrClNO3. The molecule has 0 bridgehead atoms. The number of carbonyl (C=O) groups excluding carboxylic acids is 1. The van der Waals surface area contributed by atoms with Crippen molar-refractivity contribution in [1.29, 1.82) is 0 Å². The molecule has 0 aliphatic carbocycles. The molecule has 1 fully saturated rings. The zero-order valence-electron chi connectivity index (χ0n) is 9.40. The summed E-state index contributed by atoms with van der Waals surface area (Å²) in [6.07, 6.45) is 0.646. The molecule has 1 aliphatic rings. The van der Waals surface area contributed by atoms with Crippen LogP contribution in [0.4, 0.5) is 0 Å². The van der Waals surface area contributed by atoms with E-state index in [2.05, 4.69) is 15.9 Å². The van der Waals surface area contributed by atoms with Crippen LogP contribution >= 0.6 is 27.5 Å². The van der Waals surface area contributed by atoms with Crippen molar-refractivity contribution in [2.24, 2.45) is 0 Å². The first-order valence-electron chi connectivity index (χ1n) is 5.45. The molecular weight excluding hydrogens is 321 g/mol. The zero-order valence-corrected chi connectivity index (χ0v) is 11.7. The largest absolute Gasteiger partial charge is 0.480 e. The molecule has 0 radical (unpaired) electrons. The number of carboxylic acid groups (broad SMARTS) is 1. The van der Waals surface area contributed by atoms with E-state index in [1.165, 1.54) is 4.90 Å². The van der Waals surface area contributed by atoms with Crippen molar-refractivity contribution in [2.75, 3.05) is 0 Å². The minimum atomic E-state index is -0.964. The molecule has 2 rings (SSSR count). The van der Waals surface area contributed by atoms with Gasteiger partial charge < -0.3 is 10.0 Å². The first-order chi connectivity index (χ1) is 8.49. The molecule has 1 aromatic carbocycles. The van der Waals surface area contributed by atoms with Crippen molar-refractivity contribution < 1.29 is 14.7 Å². The third-order valence-electron chi connectivity index (χ3n) is 2.97. The summed E-state index contributed by atoms with van der Waals surface area (Å²) in [5.74, 6) is -1.10. The number of hydrogen-bond donors (Lipinski definition) is 1. The van der Waals surface area contributed by atoms with Gasteiger partial charge in [-0.05, 0) is 24.1 Å². The maximum absolute atomic E-state index is 11.7.